The third-order valence-electron chi connectivity index (χ3n) is 3.53. The van der Waals surface area contributed by atoms with Gasteiger partial charge in [0.25, 0.3) is 0 Å². The molecule has 0 aliphatic carbocycles. The Morgan fingerprint density at radius 2 is 1.71 bits per heavy atom. The van der Waals surface area contributed by atoms with Crippen LogP contribution in [0.25, 0.3) is 0 Å². The average molecular weight is 223 g/mol. The van der Waals surface area contributed by atoms with Crippen LogP contribution in [-0.4, -0.2) is 6.54 Å². The van der Waals surface area contributed by atoms with Crippen molar-refractivity contribution in [3.63, 3.8) is 0 Å². The summed E-state index contributed by atoms with van der Waals surface area (Å²) >= 11 is 0. The van der Waals surface area contributed by atoms with Gasteiger partial charge in [0.1, 0.15) is 0 Å². The molecular weight excluding hydrogens is 206 g/mol. The maximum atomic E-state index is 3.51. The van der Waals surface area contributed by atoms with Crippen LogP contribution >= 0.6 is 0 Å². The molecule has 1 aliphatic rings. The minimum atomic E-state index is 0.613. The quantitative estimate of drug-likeness (QED) is 0.825. The van der Waals surface area contributed by atoms with E-state index in [2.05, 4.69) is 59.9 Å². The van der Waals surface area contributed by atoms with E-state index in [1.54, 1.807) is 0 Å². The van der Waals surface area contributed by atoms with Crippen molar-refractivity contribution in [3.05, 3.63) is 71.3 Å². The Morgan fingerprint density at radius 3 is 2.59 bits per heavy atom. The Labute approximate surface area is 102 Å². The summed E-state index contributed by atoms with van der Waals surface area (Å²) in [5, 5.41) is 3.51. The van der Waals surface area contributed by atoms with Crippen LogP contribution in [0.15, 0.2) is 54.6 Å². The summed E-state index contributed by atoms with van der Waals surface area (Å²) in [6.07, 6.45) is 1.13. The van der Waals surface area contributed by atoms with Crippen LogP contribution in [0.2, 0.25) is 0 Å². The fourth-order valence-electron chi connectivity index (χ4n) is 2.67. The summed E-state index contributed by atoms with van der Waals surface area (Å²) in [5.41, 5.74) is 4.41. The molecule has 0 unspecified atom stereocenters. The lowest BCUT2D eigenvalue weighted by molar-refractivity contribution is 0.539. The number of nitrogens with one attached hydrogen (secondary N) is 1. The number of hydrogen-bond donors (Lipinski definition) is 1. The lowest BCUT2D eigenvalue weighted by Crippen LogP contribution is -2.29. The lowest BCUT2D eigenvalue weighted by atomic mass is 9.86. The highest BCUT2D eigenvalue weighted by Crippen LogP contribution is 2.26. The largest absolute Gasteiger partial charge is 0.312 e. The van der Waals surface area contributed by atoms with Gasteiger partial charge in [0.05, 0.1) is 0 Å². The molecule has 3 rings (SSSR count). The second kappa shape index (κ2) is 4.72. The van der Waals surface area contributed by atoms with E-state index in [-0.39, 0.29) is 0 Å². The van der Waals surface area contributed by atoms with Crippen LogP contribution in [0, 0.1) is 0 Å². The van der Waals surface area contributed by atoms with Crippen molar-refractivity contribution in [3.8, 4) is 0 Å². The van der Waals surface area contributed by atoms with Crippen LogP contribution in [0.1, 0.15) is 22.6 Å². The van der Waals surface area contributed by atoms with Gasteiger partial charge in [-0.3, -0.25) is 0 Å². The van der Waals surface area contributed by atoms with E-state index in [0.717, 1.165) is 19.5 Å². The third-order valence-corrected chi connectivity index (χ3v) is 3.53. The van der Waals surface area contributed by atoms with E-state index < -0.39 is 0 Å². The molecule has 1 aliphatic heterocycles. The number of hydrogen-bond acceptors (Lipinski definition) is 1. The van der Waals surface area contributed by atoms with Crippen LogP contribution in [0.5, 0.6) is 0 Å². The Morgan fingerprint density at radius 1 is 0.941 bits per heavy atom. The van der Waals surface area contributed by atoms with Gasteiger partial charge in [-0.15, -0.1) is 0 Å². The molecule has 1 heteroatoms. The van der Waals surface area contributed by atoms with E-state index in [4.69, 9.17) is 0 Å². The Kier molecular flexibility index (Phi) is 2.93. The molecule has 0 saturated carbocycles. The molecule has 86 valence electrons. The first-order valence-electron chi connectivity index (χ1n) is 6.26. The smallest absolute Gasteiger partial charge is 0.0208 e. The van der Waals surface area contributed by atoms with Crippen molar-refractivity contribution in [2.75, 3.05) is 6.54 Å². The van der Waals surface area contributed by atoms with Gasteiger partial charge in [0, 0.05) is 19.0 Å². The SMILES string of the molecule is c1ccc(C[C@H]2CNCc3ccccc32)cc1. The molecule has 2 aromatic carbocycles. The maximum Gasteiger partial charge on any atom is 0.0208 e. The predicted molar refractivity (Wildman–Crippen MR) is 71.0 cm³/mol. The van der Waals surface area contributed by atoms with Gasteiger partial charge in [0.15, 0.2) is 0 Å². The second-order valence-corrected chi connectivity index (χ2v) is 4.72. The molecule has 0 spiro atoms. The summed E-state index contributed by atoms with van der Waals surface area (Å²) in [6, 6.07) is 19.6. The van der Waals surface area contributed by atoms with Crippen molar-refractivity contribution < 1.29 is 0 Å². The van der Waals surface area contributed by atoms with Crippen LogP contribution in [0.3, 0.4) is 0 Å². The molecule has 0 aromatic heterocycles. The first-order valence-corrected chi connectivity index (χ1v) is 6.26. The molecule has 0 bridgehead atoms. The van der Waals surface area contributed by atoms with Gasteiger partial charge >= 0.3 is 0 Å². The number of rotatable bonds is 2. The van der Waals surface area contributed by atoms with E-state index in [9.17, 15) is 0 Å². The van der Waals surface area contributed by atoms with Crippen LogP contribution in [0.4, 0.5) is 0 Å². The zero-order valence-corrected chi connectivity index (χ0v) is 9.89. The van der Waals surface area contributed by atoms with E-state index in [1.807, 2.05) is 0 Å². The Balaban J connectivity index is 1.86. The summed E-state index contributed by atoms with van der Waals surface area (Å²) in [5.74, 6) is 0.613. The molecule has 1 atom stereocenters. The molecule has 1 nitrogen and oxygen atoms in total. The molecular formula is C16H17N. The van der Waals surface area contributed by atoms with Crippen molar-refractivity contribution in [2.45, 2.75) is 18.9 Å². The van der Waals surface area contributed by atoms with Crippen molar-refractivity contribution >= 4 is 0 Å². The van der Waals surface area contributed by atoms with Crippen LogP contribution < -0.4 is 5.32 Å². The van der Waals surface area contributed by atoms with Gasteiger partial charge in [-0.2, -0.15) is 0 Å². The fraction of sp³-hybridized carbons (Fsp3) is 0.250. The molecule has 1 N–H and O–H groups in total. The summed E-state index contributed by atoms with van der Waals surface area (Å²) in [4.78, 5) is 0. The Bertz CT molecular complexity index is 490. The van der Waals surface area contributed by atoms with Crippen molar-refractivity contribution in [1.82, 2.24) is 5.32 Å². The zero-order valence-electron chi connectivity index (χ0n) is 9.89. The average Bonchev–Trinajstić information content (AvgIpc) is 2.40. The van der Waals surface area contributed by atoms with Gasteiger partial charge in [-0.05, 0) is 23.1 Å². The van der Waals surface area contributed by atoms with Gasteiger partial charge in [-0.25, -0.2) is 0 Å². The first-order chi connectivity index (χ1) is 8.43. The molecule has 0 fully saturated rings. The molecule has 0 saturated heterocycles. The fourth-order valence-corrected chi connectivity index (χ4v) is 2.67. The standard InChI is InChI=1S/C16H17N/c1-2-6-13(7-3-1)10-15-12-17-11-14-8-4-5-9-16(14)15/h1-9,15,17H,10-12H2/t15-/m0/s1. The molecule has 0 amide bonds. The molecule has 17 heavy (non-hydrogen) atoms. The lowest BCUT2D eigenvalue weighted by Gasteiger charge is -2.26. The third kappa shape index (κ3) is 2.25. The summed E-state index contributed by atoms with van der Waals surface area (Å²) in [6.45, 7) is 2.10. The van der Waals surface area contributed by atoms with Crippen molar-refractivity contribution in [1.29, 1.82) is 0 Å². The van der Waals surface area contributed by atoms with Crippen molar-refractivity contribution in [2.24, 2.45) is 0 Å². The minimum Gasteiger partial charge on any atom is -0.312 e. The predicted octanol–water partition coefficient (Wildman–Crippen LogP) is 3.12. The molecule has 1 heterocycles. The highest BCUT2D eigenvalue weighted by molar-refractivity contribution is 5.34. The van der Waals surface area contributed by atoms with Gasteiger partial charge < -0.3 is 5.32 Å². The molecule has 2 aromatic rings. The first kappa shape index (κ1) is 10.5. The normalized spacial score (nSPS) is 18.7. The van der Waals surface area contributed by atoms with E-state index >= 15 is 0 Å². The van der Waals surface area contributed by atoms with Gasteiger partial charge in [-0.1, -0.05) is 54.6 Å². The Hall–Kier alpha value is -1.60. The second-order valence-electron chi connectivity index (χ2n) is 4.72. The summed E-state index contributed by atoms with van der Waals surface area (Å²) < 4.78 is 0. The van der Waals surface area contributed by atoms with Gasteiger partial charge in [0.2, 0.25) is 0 Å². The highest BCUT2D eigenvalue weighted by atomic mass is 14.9. The summed E-state index contributed by atoms with van der Waals surface area (Å²) in [7, 11) is 0. The monoisotopic (exact) mass is 223 g/mol. The zero-order chi connectivity index (χ0) is 11.5. The highest BCUT2D eigenvalue weighted by Gasteiger charge is 2.19. The minimum absolute atomic E-state index is 0.613. The molecule has 0 radical (unpaired) electrons. The van der Waals surface area contributed by atoms with E-state index in [0.29, 0.717) is 5.92 Å². The maximum absolute atomic E-state index is 3.51. The number of benzene rings is 2. The number of fused-ring (bicyclic) bond motifs is 1. The van der Waals surface area contributed by atoms with E-state index in [1.165, 1.54) is 16.7 Å². The topological polar surface area (TPSA) is 12.0 Å². The van der Waals surface area contributed by atoms with Crippen LogP contribution in [-0.2, 0) is 13.0 Å².